The van der Waals surface area contributed by atoms with Crippen molar-refractivity contribution in [3.05, 3.63) is 47.0 Å². The highest BCUT2D eigenvalue weighted by molar-refractivity contribution is 6.05. The van der Waals surface area contributed by atoms with Crippen molar-refractivity contribution in [2.45, 2.75) is 51.9 Å². The Bertz CT molecular complexity index is 754. The summed E-state index contributed by atoms with van der Waals surface area (Å²) in [5.74, 6) is -0.205. The Labute approximate surface area is 132 Å². The molecule has 2 bridgehead atoms. The topological polar surface area (TPSA) is 26.3 Å². The van der Waals surface area contributed by atoms with E-state index >= 15 is 0 Å². The van der Waals surface area contributed by atoms with Crippen LogP contribution >= 0.6 is 0 Å². The molecule has 0 saturated carbocycles. The van der Waals surface area contributed by atoms with Gasteiger partial charge in [0.2, 0.25) is 0 Å². The SMILES string of the molecule is CCC(C)(C)c1ccc2cc3cc(c2c1)C(=O)OCC3(C)C. The zero-order chi connectivity index (χ0) is 16.1. The summed E-state index contributed by atoms with van der Waals surface area (Å²) < 4.78 is 5.49. The average Bonchev–Trinajstić information content (AvgIpc) is 2.58. The maximum Gasteiger partial charge on any atom is 0.338 e. The van der Waals surface area contributed by atoms with E-state index in [-0.39, 0.29) is 16.8 Å². The van der Waals surface area contributed by atoms with Crippen molar-refractivity contribution >= 4 is 16.7 Å². The highest BCUT2D eigenvalue weighted by Crippen LogP contribution is 2.36. The fraction of sp³-hybridized carbons (Fsp3) is 0.450. The van der Waals surface area contributed by atoms with Crippen LogP contribution in [0.4, 0.5) is 0 Å². The molecule has 116 valence electrons. The number of benzene rings is 2. The van der Waals surface area contributed by atoms with Crippen molar-refractivity contribution in [3.8, 4) is 0 Å². The molecule has 0 radical (unpaired) electrons. The van der Waals surface area contributed by atoms with Gasteiger partial charge in [-0.2, -0.15) is 0 Å². The van der Waals surface area contributed by atoms with Crippen LogP contribution in [0.15, 0.2) is 30.3 Å². The van der Waals surface area contributed by atoms with E-state index in [0.717, 1.165) is 17.2 Å². The van der Waals surface area contributed by atoms with Crippen LogP contribution in [0.5, 0.6) is 0 Å². The van der Waals surface area contributed by atoms with E-state index in [1.54, 1.807) is 0 Å². The minimum absolute atomic E-state index is 0.105. The van der Waals surface area contributed by atoms with Gasteiger partial charge in [0.15, 0.2) is 0 Å². The van der Waals surface area contributed by atoms with E-state index in [4.69, 9.17) is 4.74 Å². The number of ether oxygens (including phenoxy) is 1. The lowest BCUT2D eigenvalue weighted by Crippen LogP contribution is -2.23. The summed E-state index contributed by atoms with van der Waals surface area (Å²) in [4.78, 5) is 12.4. The Morgan fingerprint density at radius 3 is 2.59 bits per heavy atom. The van der Waals surface area contributed by atoms with Crippen LogP contribution in [0.1, 0.15) is 62.5 Å². The molecule has 0 atom stereocenters. The highest BCUT2D eigenvalue weighted by Gasteiger charge is 2.30. The first-order valence-corrected chi connectivity index (χ1v) is 8.00. The van der Waals surface area contributed by atoms with E-state index < -0.39 is 0 Å². The van der Waals surface area contributed by atoms with Gasteiger partial charge in [-0.3, -0.25) is 0 Å². The Hall–Kier alpha value is -1.83. The summed E-state index contributed by atoms with van der Waals surface area (Å²) in [7, 11) is 0. The Kier molecular flexibility index (Phi) is 3.32. The van der Waals surface area contributed by atoms with Crippen molar-refractivity contribution in [1.29, 1.82) is 0 Å². The van der Waals surface area contributed by atoms with Crippen LogP contribution in [0.25, 0.3) is 10.8 Å². The van der Waals surface area contributed by atoms with Crippen molar-refractivity contribution in [2.75, 3.05) is 6.61 Å². The number of fused-ring (bicyclic) bond motifs is 4. The number of rotatable bonds is 2. The lowest BCUT2D eigenvalue weighted by Gasteiger charge is -2.24. The number of cyclic esters (lactones) is 1. The lowest BCUT2D eigenvalue weighted by molar-refractivity contribution is 0.0443. The third kappa shape index (κ3) is 2.31. The number of hydrogen-bond acceptors (Lipinski definition) is 2. The summed E-state index contributed by atoms with van der Waals surface area (Å²) in [5, 5.41) is 2.13. The summed E-state index contributed by atoms with van der Waals surface area (Å²) in [5.41, 5.74) is 3.10. The van der Waals surface area contributed by atoms with Gasteiger partial charge >= 0.3 is 5.97 Å². The monoisotopic (exact) mass is 296 g/mol. The van der Waals surface area contributed by atoms with E-state index in [9.17, 15) is 4.79 Å². The molecule has 0 spiro atoms. The minimum Gasteiger partial charge on any atom is -0.461 e. The third-order valence-corrected chi connectivity index (χ3v) is 5.19. The van der Waals surface area contributed by atoms with Crippen molar-refractivity contribution in [1.82, 2.24) is 0 Å². The fourth-order valence-corrected chi connectivity index (χ4v) is 2.95. The summed E-state index contributed by atoms with van der Waals surface area (Å²) in [6.07, 6.45) is 1.06. The summed E-state index contributed by atoms with van der Waals surface area (Å²) in [6, 6.07) is 10.7. The van der Waals surface area contributed by atoms with Crippen LogP contribution in [0, 0.1) is 0 Å². The molecule has 2 aromatic carbocycles. The van der Waals surface area contributed by atoms with E-state index in [2.05, 4.69) is 58.9 Å². The molecule has 0 unspecified atom stereocenters. The highest BCUT2D eigenvalue weighted by atomic mass is 16.5. The van der Waals surface area contributed by atoms with E-state index in [0.29, 0.717) is 12.2 Å². The quantitative estimate of drug-likeness (QED) is 0.731. The summed E-state index contributed by atoms with van der Waals surface area (Å²) >= 11 is 0. The standard InChI is InChI=1S/C20H24O2/c1-6-19(2,3)14-8-7-13-9-15-11-17(16(13)10-14)18(21)22-12-20(15,4)5/h7-11H,6,12H2,1-5H3. The first-order valence-electron chi connectivity index (χ1n) is 8.00. The van der Waals surface area contributed by atoms with Crippen LogP contribution < -0.4 is 0 Å². The summed E-state index contributed by atoms with van der Waals surface area (Å²) in [6.45, 7) is 11.3. The normalized spacial score (nSPS) is 17.2. The second-order valence-electron chi connectivity index (χ2n) is 7.66. The zero-order valence-electron chi connectivity index (χ0n) is 14.1. The molecule has 0 fully saturated rings. The largest absolute Gasteiger partial charge is 0.461 e. The zero-order valence-corrected chi connectivity index (χ0v) is 14.1. The maximum absolute atomic E-state index is 12.4. The average molecular weight is 296 g/mol. The second kappa shape index (κ2) is 4.84. The van der Waals surface area contributed by atoms with Gasteiger partial charge in [0.05, 0.1) is 5.56 Å². The Morgan fingerprint density at radius 1 is 1.18 bits per heavy atom. The molecule has 2 heteroatoms. The molecule has 1 aliphatic rings. The van der Waals surface area contributed by atoms with Gasteiger partial charge in [0.1, 0.15) is 6.61 Å². The molecule has 0 aliphatic carbocycles. The molecule has 0 aromatic heterocycles. The van der Waals surface area contributed by atoms with Crippen LogP contribution in [-0.2, 0) is 15.6 Å². The van der Waals surface area contributed by atoms with Gasteiger partial charge in [-0.15, -0.1) is 0 Å². The second-order valence-corrected chi connectivity index (χ2v) is 7.66. The molecule has 0 saturated heterocycles. The Balaban J connectivity index is 2.28. The van der Waals surface area contributed by atoms with Crippen molar-refractivity contribution in [2.24, 2.45) is 0 Å². The third-order valence-electron chi connectivity index (χ3n) is 5.19. The minimum atomic E-state index is -0.205. The van der Waals surface area contributed by atoms with Gasteiger partial charge in [-0.05, 0) is 45.9 Å². The molecule has 0 N–H and O–H groups in total. The number of carbonyl (C=O) groups excluding carboxylic acids is 1. The van der Waals surface area contributed by atoms with Crippen LogP contribution in [0.3, 0.4) is 0 Å². The number of esters is 1. The van der Waals surface area contributed by atoms with E-state index in [1.165, 1.54) is 11.1 Å². The molecule has 0 amide bonds. The Morgan fingerprint density at radius 2 is 1.91 bits per heavy atom. The lowest BCUT2D eigenvalue weighted by atomic mass is 9.80. The van der Waals surface area contributed by atoms with Gasteiger partial charge in [0.25, 0.3) is 0 Å². The van der Waals surface area contributed by atoms with Crippen LogP contribution in [-0.4, -0.2) is 12.6 Å². The van der Waals surface area contributed by atoms with Gasteiger partial charge in [0, 0.05) is 5.41 Å². The fourth-order valence-electron chi connectivity index (χ4n) is 2.95. The molecular weight excluding hydrogens is 272 g/mol. The van der Waals surface area contributed by atoms with Gasteiger partial charge in [-0.25, -0.2) is 4.79 Å². The van der Waals surface area contributed by atoms with Crippen LogP contribution in [0.2, 0.25) is 0 Å². The predicted octanol–water partition coefficient (Wildman–Crippen LogP) is 4.98. The van der Waals surface area contributed by atoms with Crippen molar-refractivity contribution in [3.63, 3.8) is 0 Å². The number of hydrogen-bond donors (Lipinski definition) is 0. The first-order chi connectivity index (χ1) is 10.2. The molecule has 22 heavy (non-hydrogen) atoms. The smallest absolute Gasteiger partial charge is 0.338 e. The molecule has 2 nitrogen and oxygen atoms in total. The predicted molar refractivity (Wildman–Crippen MR) is 90.6 cm³/mol. The molecule has 1 aliphatic heterocycles. The molecule has 1 heterocycles. The molecule has 2 aromatic rings. The number of carbonyl (C=O) groups is 1. The van der Waals surface area contributed by atoms with Gasteiger partial charge < -0.3 is 4.74 Å². The van der Waals surface area contributed by atoms with Gasteiger partial charge in [-0.1, -0.05) is 52.8 Å². The molecular formula is C20H24O2. The maximum atomic E-state index is 12.4. The molecule has 3 rings (SSSR count). The first kappa shape index (κ1) is 15.1. The van der Waals surface area contributed by atoms with E-state index in [1.807, 2.05) is 6.07 Å². The van der Waals surface area contributed by atoms with Crippen molar-refractivity contribution < 1.29 is 9.53 Å².